The summed E-state index contributed by atoms with van der Waals surface area (Å²) in [5.74, 6) is -0.637. The van der Waals surface area contributed by atoms with Gasteiger partial charge in [0.1, 0.15) is 5.82 Å². The van der Waals surface area contributed by atoms with Gasteiger partial charge in [-0.1, -0.05) is 55.7 Å². The first kappa shape index (κ1) is 20.4. The van der Waals surface area contributed by atoms with Gasteiger partial charge in [0.05, 0.1) is 11.0 Å². The molecule has 2 nitrogen and oxygen atoms in total. The molecule has 0 unspecified atom stereocenters. The number of amides is 1. The highest BCUT2D eigenvalue weighted by molar-refractivity contribution is 5.88. The number of halogens is 4. The molecule has 1 fully saturated rings. The molecule has 0 atom stereocenters. The van der Waals surface area contributed by atoms with E-state index in [2.05, 4.69) is 5.32 Å². The van der Waals surface area contributed by atoms with Crippen LogP contribution >= 0.6 is 0 Å². The minimum Gasteiger partial charge on any atom is -0.355 e. The lowest BCUT2D eigenvalue weighted by atomic mass is 9.68. The van der Waals surface area contributed by atoms with Gasteiger partial charge in [0.25, 0.3) is 0 Å². The number of benzene rings is 2. The first-order valence-corrected chi connectivity index (χ1v) is 9.52. The molecule has 0 aromatic heterocycles. The monoisotopic (exact) mass is 393 g/mol. The highest BCUT2D eigenvalue weighted by atomic mass is 19.4. The average Bonchev–Trinajstić information content (AvgIpc) is 2.68. The Kier molecular flexibility index (Phi) is 6.06. The highest BCUT2D eigenvalue weighted by Crippen LogP contribution is 2.40. The molecular weight excluding hydrogens is 370 g/mol. The number of nitrogens with one attached hydrogen (secondary N) is 1. The zero-order valence-electron chi connectivity index (χ0n) is 15.5. The molecule has 1 amide bonds. The number of rotatable bonds is 5. The van der Waals surface area contributed by atoms with E-state index in [1.807, 2.05) is 0 Å². The third-order valence-corrected chi connectivity index (χ3v) is 5.48. The summed E-state index contributed by atoms with van der Waals surface area (Å²) in [6.07, 6.45) is -0.273. The Balaban J connectivity index is 1.71. The van der Waals surface area contributed by atoms with Crippen LogP contribution in [0.2, 0.25) is 0 Å². The van der Waals surface area contributed by atoms with Crippen LogP contribution in [-0.2, 0) is 22.8 Å². The van der Waals surface area contributed by atoms with Crippen LogP contribution in [0.25, 0.3) is 0 Å². The summed E-state index contributed by atoms with van der Waals surface area (Å²) >= 11 is 0. The van der Waals surface area contributed by atoms with Crippen molar-refractivity contribution in [3.8, 4) is 0 Å². The number of carbonyl (C=O) groups excluding carboxylic acids is 1. The van der Waals surface area contributed by atoms with Crippen LogP contribution in [0.3, 0.4) is 0 Å². The van der Waals surface area contributed by atoms with Crippen LogP contribution in [0.15, 0.2) is 48.5 Å². The SMILES string of the molecule is O=C(NCCc1cccc(C(F)(F)F)c1)C1(c2ccccc2F)CCCCC1. The second kappa shape index (κ2) is 8.33. The molecule has 1 saturated carbocycles. The molecule has 2 aromatic rings. The third kappa shape index (κ3) is 4.37. The van der Waals surface area contributed by atoms with Crippen molar-refractivity contribution in [1.29, 1.82) is 0 Å². The highest BCUT2D eigenvalue weighted by Gasteiger charge is 2.42. The van der Waals surface area contributed by atoms with Crippen LogP contribution in [0.5, 0.6) is 0 Å². The van der Waals surface area contributed by atoms with Gasteiger partial charge < -0.3 is 5.32 Å². The second-order valence-corrected chi connectivity index (χ2v) is 7.33. The van der Waals surface area contributed by atoms with Crippen molar-refractivity contribution in [2.45, 2.75) is 50.1 Å². The van der Waals surface area contributed by atoms with E-state index in [-0.39, 0.29) is 18.9 Å². The molecule has 1 N–H and O–H groups in total. The van der Waals surface area contributed by atoms with E-state index in [9.17, 15) is 22.4 Å². The molecule has 0 radical (unpaired) electrons. The molecule has 6 heteroatoms. The maximum absolute atomic E-state index is 14.4. The normalized spacial score (nSPS) is 16.6. The molecule has 1 aliphatic carbocycles. The van der Waals surface area contributed by atoms with Crippen molar-refractivity contribution in [3.05, 3.63) is 71.0 Å². The van der Waals surface area contributed by atoms with Gasteiger partial charge in [-0.2, -0.15) is 13.2 Å². The Hall–Kier alpha value is -2.37. The maximum atomic E-state index is 14.4. The van der Waals surface area contributed by atoms with Gasteiger partial charge >= 0.3 is 6.18 Å². The van der Waals surface area contributed by atoms with E-state index in [0.717, 1.165) is 31.4 Å². The first-order valence-electron chi connectivity index (χ1n) is 9.52. The summed E-state index contributed by atoms with van der Waals surface area (Å²) in [6, 6.07) is 11.4. The minimum absolute atomic E-state index is 0.205. The third-order valence-electron chi connectivity index (χ3n) is 5.48. The van der Waals surface area contributed by atoms with Crippen molar-refractivity contribution >= 4 is 5.91 Å². The lowest BCUT2D eigenvalue weighted by molar-refractivity contribution is -0.137. The number of carbonyl (C=O) groups is 1. The van der Waals surface area contributed by atoms with Crippen molar-refractivity contribution in [3.63, 3.8) is 0 Å². The van der Waals surface area contributed by atoms with E-state index in [1.165, 1.54) is 12.1 Å². The smallest absolute Gasteiger partial charge is 0.355 e. The van der Waals surface area contributed by atoms with Crippen LogP contribution < -0.4 is 5.32 Å². The Morgan fingerprint density at radius 1 is 1.00 bits per heavy atom. The van der Waals surface area contributed by atoms with Crippen molar-refractivity contribution in [2.24, 2.45) is 0 Å². The van der Waals surface area contributed by atoms with E-state index in [0.29, 0.717) is 24.0 Å². The fourth-order valence-electron chi connectivity index (χ4n) is 4.02. The van der Waals surface area contributed by atoms with Gasteiger partial charge in [-0.3, -0.25) is 4.79 Å². The molecule has 0 aliphatic heterocycles. The van der Waals surface area contributed by atoms with Crippen LogP contribution in [0, 0.1) is 5.82 Å². The quantitative estimate of drug-likeness (QED) is 0.677. The van der Waals surface area contributed by atoms with Crippen molar-refractivity contribution in [2.75, 3.05) is 6.54 Å². The Morgan fingerprint density at radius 3 is 2.39 bits per heavy atom. The molecule has 28 heavy (non-hydrogen) atoms. The summed E-state index contributed by atoms with van der Waals surface area (Å²) in [5.41, 5.74) is -0.700. The Labute approximate surface area is 162 Å². The number of hydrogen-bond acceptors (Lipinski definition) is 1. The van der Waals surface area contributed by atoms with E-state index in [4.69, 9.17) is 0 Å². The summed E-state index contributed by atoms with van der Waals surface area (Å²) in [6.45, 7) is 0.205. The van der Waals surface area contributed by atoms with Gasteiger partial charge in [-0.15, -0.1) is 0 Å². The van der Waals surface area contributed by atoms with Gasteiger partial charge in [-0.25, -0.2) is 4.39 Å². The first-order chi connectivity index (χ1) is 13.3. The average molecular weight is 393 g/mol. The number of alkyl halides is 3. The number of hydrogen-bond donors (Lipinski definition) is 1. The summed E-state index contributed by atoms with van der Waals surface area (Å²) in [5, 5.41) is 2.84. The predicted molar refractivity (Wildman–Crippen MR) is 99.3 cm³/mol. The van der Waals surface area contributed by atoms with E-state index < -0.39 is 23.0 Å². The van der Waals surface area contributed by atoms with E-state index >= 15 is 0 Å². The van der Waals surface area contributed by atoms with E-state index in [1.54, 1.807) is 24.3 Å². The topological polar surface area (TPSA) is 29.1 Å². The van der Waals surface area contributed by atoms with Crippen molar-refractivity contribution in [1.82, 2.24) is 5.32 Å². The minimum atomic E-state index is -4.39. The largest absolute Gasteiger partial charge is 0.416 e. The maximum Gasteiger partial charge on any atom is 0.416 e. The van der Waals surface area contributed by atoms with Crippen LogP contribution in [0.1, 0.15) is 48.8 Å². The summed E-state index contributed by atoms with van der Waals surface area (Å²) in [4.78, 5) is 13.0. The van der Waals surface area contributed by atoms with Crippen LogP contribution in [-0.4, -0.2) is 12.5 Å². The van der Waals surface area contributed by atoms with Crippen LogP contribution in [0.4, 0.5) is 17.6 Å². The molecule has 3 rings (SSSR count). The predicted octanol–water partition coefficient (Wildman–Crippen LogP) is 5.41. The molecular formula is C22H23F4NO. The van der Waals surface area contributed by atoms with Gasteiger partial charge in [0.2, 0.25) is 5.91 Å². The fourth-order valence-corrected chi connectivity index (χ4v) is 4.02. The van der Waals surface area contributed by atoms with Gasteiger partial charge in [0.15, 0.2) is 0 Å². The Bertz CT molecular complexity index is 825. The van der Waals surface area contributed by atoms with Gasteiger partial charge in [-0.05, 0) is 37.0 Å². The summed E-state index contributed by atoms with van der Waals surface area (Å²) < 4.78 is 52.9. The molecule has 0 saturated heterocycles. The zero-order valence-corrected chi connectivity index (χ0v) is 15.5. The molecule has 2 aromatic carbocycles. The zero-order chi connectivity index (χ0) is 20.2. The second-order valence-electron chi connectivity index (χ2n) is 7.33. The lowest BCUT2D eigenvalue weighted by Gasteiger charge is -2.36. The molecule has 0 bridgehead atoms. The lowest BCUT2D eigenvalue weighted by Crippen LogP contribution is -2.46. The molecule has 0 spiro atoms. The molecule has 150 valence electrons. The molecule has 1 aliphatic rings. The van der Waals surface area contributed by atoms with Crippen molar-refractivity contribution < 1.29 is 22.4 Å². The van der Waals surface area contributed by atoms with Gasteiger partial charge in [0, 0.05) is 12.1 Å². The summed E-state index contributed by atoms with van der Waals surface area (Å²) in [7, 11) is 0. The Morgan fingerprint density at radius 2 is 1.71 bits per heavy atom. The molecule has 0 heterocycles. The standard InChI is InChI=1S/C22H23F4NO/c23-19-10-3-2-9-18(19)21(12-4-1-5-13-21)20(28)27-14-11-16-7-6-8-17(15-16)22(24,25)26/h2-3,6-10,15H,1,4-5,11-14H2,(H,27,28). The fraction of sp³-hybridized carbons (Fsp3) is 0.409.